The van der Waals surface area contributed by atoms with E-state index in [1.54, 1.807) is 0 Å². The Morgan fingerprint density at radius 3 is 2.77 bits per heavy atom. The lowest BCUT2D eigenvalue weighted by Gasteiger charge is -2.27. The minimum atomic E-state index is 0.185. The number of rotatable bonds is 5. The molecule has 4 rings (SSSR count). The average molecular weight is 368 g/mol. The Morgan fingerprint density at radius 1 is 1.15 bits per heavy atom. The van der Waals surface area contributed by atoms with Crippen LogP contribution in [0.4, 0.5) is 11.5 Å². The maximum Gasteiger partial charge on any atom is 0.129 e. The van der Waals surface area contributed by atoms with Gasteiger partial charge in [0.05, 0.1) is 23.9 Å². The first kappa shape index (κ1) is 17.1. The fourth-order valence-electron chi connectivity index (χ4n) is 3.62. The smallest absolute Gasteiger partial charge is 0.129 e. The lowest BCUT2D eigenvalue weighted by molar-refractivity contribution is 0.266. The number of para-hydroxylation sites is 1. The number of pyridine rings is 1. The van der Waals surface area contributed by atoms with Crippen LogP contribution in [0.25, 0.3) is 10.9 Å². The van der Waals surface area contributed by atoms with E-state index in [1.807, 2.05) is 42.5 Å². The van der Waals surface area contributed by atoms with Crippen LogP contribution in [0, 0.1) is 0 Å². The molecule has 134 valence electrons. The van der Waals surface area contributed by atoms with Gasteiger partial charge in [0.25, 0.3) is 0 Å². The molecule has 0 bridgehead atoms. The van der Waals surface area contributed by atoms with Gasteiger partial charge in [0, 0.05) is 29.6 Å². The number of aliphatic hydroxyl groups is 1. The van der Waals surface area contributed by atoms with E-state index in [-0.39, 0.29) is 12.6 Å². The molecule has 0 amide bonds. The molecule has 1 atom stereocenters. The van der Waals surface area contributed by atoms with Crippen molar-refractivity contribution in [1.29, 1.82) is 0 Å². The minimum Gasteiger partial charge on any atom is -0.394 e. The first-order valence-corrected chi connectivity index (χ1v) is 9.38. The number of aliphatic hydroxyl groups excluding tert-OH is 1. The molecule has 5 heteroatoms. The lowest BCUT2D eigenvalue weighted by Crippen LogP contribution is -2.32. The molecule has 1 saturated heterocycles. The van der Waals surface area contributed by atoms with Crippen LogP contribution in [-0.2, 0) is 6.54 Å². The van der Waals surface area contributed by atoms with Crippen LogP contribution in [0.3, 0.4) is 0 Å². The summed E-state index contributed by atoms with van der Waals surface area (Å²) >= 11 is 5.96. The first-order valence-electron chi connectivity index (χ1n) is 9.00. The number of aromatic nitrogens is 1. The summed E-state index contributed by atoms with van der Waals surface area (Å²) in [6.45, 7) is 1.84. The Balaban J connectivity index is 1.66. The van der Waals surface area contributed by atoms with Crippen LogP contribution < -0.4 is 10.2 Å². The summed E-state index contributed by atoms with van der Waals surface area (Å²) < 4.78 is 0. The van der Waals surface area contributed by atoms with Gasteiger partial charge in [0.1, 0.15) is 5.82 Å². The summed E-state index contributed by atoms with van der Waals surface area (Å²) in [7, 11) is 0. The van der Waals surface area contributed by atoms with Crippen molar-refractivity contribution >= 4 is 34.0 Å². The van der Waals surface area contributed by atoms with Crippen LogP contribution in [-0.4, -0.2) is 29.3 Å². The number of benzene rings is 2. The maximum atomic E-state index is 9.73. The van der Waals surface area contributed by atoms with Crippen LogP contribution in [0.15, 0.2) is 54.6 Å². The second kappa shape index (κ2) is 7.52. The maximum absolute atomic E-state index is 9.73. The Kier molecular flexibility index (Phi) is 4.96. The molecule has 0 spiro atoms. The van der Waals surface area contributed by atoms with Gasteiger partial charge in [-0.05, 0) is 36.6 Å². The van der Waals surface area contributed by atoms with Crippen LogP contribution >= 0.6 is 11.6 Å². The van der Waals surface area contributed by atoms with Gasteiger partial charge >= 0.3 is 0 Å². The number of anilines is 2. The molecule has 1 aromatic heterocycles. The molecular weight excluding hydrogens is 346 g/mol. The van der Waals surface area contributed by atoms with E-state index in [1.165, 1.54) is 0 Å². The van der Waals surface area contributed by atoms with Gasteiger partial charge < -0.3 is 15.3 Å². The van der Waals surface area contributed by atoms with E-state index < -0.39 is 0 Å². The number of halogens is 1. The van der Waals surface area contributed by atoms with Gasteiger partial charge in [0.15, 0.2) is 0 Å². The van der Waals surface area contributed by atoms with E-state index in [9.17, 15) is 5.11 Å². The Labute approximate surface area is 158 Å². The molecule has 2 N–H and O–H groups in total. The van der Waals surface area contributed by atoms with Crippen molar-refractivity contribution in [2.45, 2.75) is 25.4 Å². The van der Waals surface area contributed by atoms with Crippen LogP contribution in [0.2, 0.25) is 5.02 Å². The minimum absolute atomic E-state index is 0.185. The number of fused-ring (bicyclic) bond motifs is 1. The third kappa shape index (κ3) is 3.48. The molecule has 2 heterocycles. The molecule has 0 radical (unpaired) electrons. The van der Waals surface area contributed by atoms with Crippen molar-refractivity contribution in [3.05, 3.63) is 65.2 Å². The summed E-state index contributed by atoms with van der Waals surface area (Å²) in [4.78, 5) is 7.08. The van der Waals surface area contributed by atoms with Crippen molar-refractivity contribution in [3.63, 3.8) is 0 Å². The highest BCUT2D eigenvalue weighted by Crippen LogP contribution is 2.33. The second-order valence-corrected chi connectivity index (χ2v) is 7.13. The molecule has 1 aliphatic heterocycles. The molecule has 4 nitrogen and oxygen atoms in total. The molecule has 1 aliphatic rings. The predicted molar refractivity (Wildman–Crippen MR) is 108 cm³/mol. The highest BCUT2D eigenvalue weighted by atomic mass is 35.5. The van der Waals surface area contributed by atoms with Gasteiger partial charge in [-0.15, -0.1) is 0 Å². The first-order chi connectivity index (χ1) is 12.7. The molecule has 1 fully saturated rings. The van der Waals surface area contributed by atoms with Gasteiger partial charge in [0.2, 0.25) is 0 Å². The molecule has 0 saturated carbocycles. The summed E-state index contributed by atoms with van der Waals surface area (Å²) in [5.74, 6) is 0.845. The van der Waals surface area contributed by atoms with Crippen LogP contribution in [0.5, 0.6) is 0 Å². The fraction of sp³-hybridized carbons (Fsp3) is 0.286. The number of nitrogens with zero attached hydrogens (tertiary/aromatic N) is 2. The zero-order chi connectivity index (χ0) is 17.9. The molecule has 3 aromatic rings. The number of hydrogen-bond acceptors (Lipinski definition) is 4. The molecule has 0 aliphatic carbocycles. The van der Waals surface area contributed by atoms with Crippen LogP contribution in [0.1, 0.15) is 18.4 Å². The van der Waals surface area contributed by atoms with E-state index in [0.717, 1.165) is 52.4 Å². The molecule has 2 aromatic carbocycles. The largest absolute Gasteiger partial charge is 0.394 e. The Bertz CT molecular complexity index is 897. The molecule has 26 heavy (non-hydrogen) atoms. The zero-order valence-electron chi connectivity index (χ0n) is 14.5. The highest BCUT2D eigenvalue weighted by molar-refractivity contribution is 6.30. The average Bonchev–Trinajstić information content (AvgIpc) is 3.15. The summed E-state index contributed by atoms with van der Waals surface area (Å²) in [6, 6.07) is 18.3. The van der Waals surface area contributed by atoms with Gasteiger partial charge in [-0.25, -0.2) is 4.98 Å². The number of hydrogen-bond donors (Lipinski definition) is 2. The van der Waals surface area contributed by atoms with E-state index >= 15 is 0 Å². The van der Waals surface area contributed by atoms with Gasteiger partial charge in [-0.2, -0.15) is 0 Å². The molecule has 1 unspecified atom stereocenters. The topological polar surface area (TPSA) is 48.4 Å². The second-order valence-electron chi connectivity index (χ2n) is 6.70. The Morgan fingerprint density at radius 2 is 1.96 bits per heavy atom. The summed E-state index contributed by atoms with van der Waals surface area (Å²) in [5.41, 5.74) is 3.26. The monoisotopic (exact) mass is 367 g/mol. The summed E-state index contributed by atoms with van der Waals surface area (Å²) in [6.07, 6.45) is 2.14. The highest BCUT2D eigenvalue weighted by Gasteiger charge is 2.25. The standard InChI is InChI=1S/C21H22ClN3O/c22-16-9-7-15(8-10-16)13-23-21-12-20(25-11-3-4-17(25)14-26)18-5-1-2-6-19(18)24-21/h1-2,5-10,12,17,26H,3-4,11,13-14H2,(H,23,24). The van der Waals surface area contributed by atoms with Crippen molar-refractivity contribution in [2.75, 3.05) is 23.4 Å². The lowest BCUT2D eigenvalue weighted by atomic mass is 10.1. The predicted octanol–water partition coefficient (Wildman–Crippen LogP) is 4.46. The zero-order valence-corrected chi connectivity index (χ0v) is 15.3. The van der Waals surface area contributed by atoms with Crippen molar-refractivity contribution in [2.24, 2.45) is 0 Å². The number of nitrogens with one attached hydrogen (secondary N) is 1. The SMILES string of the molecule is OCC1CCCN1c1cc(NCc2ccc(Cl)cc2)nc2ccccc12. The fourth-order valence-corrected chi connectivity index (χ4v) is 3.75. The Hall–Kier alpha value is -2.30. The van der Waals surface area contributed by atoms with Gasteiger partial charge in [-0.1, -0.05) is 41.9 Å². The quantitative estimate of drug-likeness (QED) is 0.699. The van der Waals surface area contributed by atoms with E-state index in [0.29, 0.717) is 6.54 Å². The summed E-state index contributed by atoms with van der Waals surface area (Å²) in [5, 5.41) is 15.0. The van der Waals surface area contributed by atoms with Crippen molar-refractivity contribution in [1.82, 2.24) is 4.98 Å². The normalized spacial score (nSPS) is 17.0. The third-order valence-electron chi connectivity index (χ3n) is 4.98. The van der Waals surface area contributed by atoms with E-state index in [2.05, 4.69) is 22.3 Å². The third-order valence-corrected chi connectivity index (χ3v) is 5.23. The van der Waals surface area contributed by atoms with Crippen molar-refractivity contribution < 1.29 is 5.11 Å². The molecular formula is C21H22ClN3O. The van der Waals surface area contributed by atoms with Crippen molar-refractivity contribution in [3.8, 4) is 0 Å². The van der Waals surface area contributed by atoms with Gasteiger partial charge in [-0.3, -0.25) is 0 Å². The van der Waals surface area contributed by atoms with E-state index in [4.69, 9.17) is 16.6 Å².